The lowest BCUT2D eigenvalue weighted by atomic mass is 9.97. The van der Waals surface area contributed by atoms with Crippen LogP contribution in [0.5, 0.6) is 0 Å². The second-order valence-electron chi connectivity index (χ2n) is 12.2. The van der Waals surface area contributed by atoms with Crippen LogP contribution in [0.15, 0.2) is 72.8 Å². The number of ether oxygens (including phenoxy) is 2. The number of aliphatic hydroxyl groups excluding tert-OH is 2. The highest BCUT2D eigenvalue weighted by atomic mass is 19.2. The fraction of sp³-hybridized carbons (Fsp3) is 0.324. The summed E-state index contributed by atoms with van der Waals surface area (Å²) in [6, 6.07) is 22.0. The van der Waals surface area contributed by atoms with Crippen LogP contribution < -0.4 is 5.32 Å². The maximum Gasteiger partial charge on any atom is 0.257 e. The molecular formula is C37H35F5N2O5. The van der Waals surface area contributed by atoms with Gasteiger partial charge in [0, 0.05) is 31.1 Å². The van der Waals surface area contributed by atoms with Crippen LogP contribution in [0.1, 0.15) is 64.3 Å². The summed E-state index contributed by atoms with van der Waals surface area (Å²) in [5, 5.41) is 21.6. The summed E-state index contributed by atoms with van der Waals surface area (Å²) in [5.74, 6) is -12.6. The molecular weight excluding hydrogens is 647 g/mol. The van der Waals surface area contributed by atoms with E-state index in [9.17, 15) is 37.0 Å². The van der Waals surface area contributed by atoms with Crippen LogP contribution in [0.25, 0.3) is 11.1 Å². The van der Waals surface area contributed by atoms with Crippen molar-refractivity contribution < 1.29 is 46.4 Å². The van der Waals surface area contributed by atoms with Gasteiger partial charge in [0.2, 0.25) is 5.82 Å². The molecule has 258 valence electrons. The van der Waals surface area contributed by atoms with E-state index in [0.29, 0.717) is 24.1 Å². The van der Waals surface area contributed by atoms with E-state index in [4.69, 9.17) is 9.47 Å². The van der Waals surface area contributed by atoms with E-state index >= 15 is 0 Å². The number of nitrogens with one attached hydrogen (secondary N) is 1. The van der Waals surface area contributed by atoms with E-state index in [2.05, 4.69) is 10.2 Å². The highest BCUT2D eigenvalue weighted by Crippen LogP contribution is 2.39. The van der Waals surface area contributed by atoms with Crippen molar-refractivity contribution in [3.63, 3.8) is 0 Å². The zero-order valence-electron chi connectivity index (χ0n) is 26.4. The molecule has 0 radical (unpaired) electrons. The first kappa shape index (κ1) is 34.7. The Bertz CT molecular complexity index is 1760. The smallest absolute Gasteiger partial charge is 0.257 e. The number of hydrogen-bond donors (Lipinski definition) is 3. The second-order valence-corrected chi connectivity index (χ2v) is 12.2. The van der Waals surface area contributed by atoms with Crippen molar-refractivity contribution in [2.24, 2.45) is 0 Å². The lowest BCUT2D eigenvalue weighted by Crippen LogP contribution is -2.42. The van der Waals surface area contributed by atoms with Gasteiger partial charge in [-0.15, -0.1) is 0 Å². The van der Waals surface area contributed by atoms with Gasteiger partial charge in [0.1, 0.15) is 5.56 Å². The molecule has 0 aliphatic carbocycles. The molecule has 0 aromatic heterocycles. The van der Waals surface area contributed by atoms with Crippen LogP contribution in [0.3, 0.4) is 0 Å². The minimum atomic E-state index is -2.34. The molecule has 7 nitrogen and oxygen atoms in total. The van der Waals surface area contributed by atoms with Crippen molar-refractivity contribution in [1.82, 2.24) is 10.2 Å². The first-order chi connectivity index (χ1) is 23.7. The van der Waals surface area contributed by atoms with Crippen LogP contribution in [0, 0.1) is 29.1 Å². The Balaban J connectivity index is 1.20. The van der Waals surface area contributed by atoms with E-state index < -0.39 is 46.8 Å². The predicted molar refractivity (Wildman–Crippen MR) is 169 cm³/mol. The molecule has 3 N–H and O–H groups in total. The fourth-order valence-electron chi connectivity index (χ4n) is 6.48. The lowest BCUT2D eigenvalue weighted by Gasteiger charge is -2.38. The third-order valence-electron chi connectivity index (χ3n) is 9.15. The van der Waals surface area contributed by atoms with Crippen LogP contribution in [-0.4, -0.2) is 52.9 Å². The van der Waals surface area contributed by atoms with E-state index in [1.807, 2.05) is 48.5 Å². The maximum absolute atomic E-state index is 14.2. The zero-order valence-corrected chi connectivity index (χ0v) is 26.4. The van der Waals surface area contributed by atoms with Gasteiger partial charge in [-0.3, -0.25) is 9.69 Å². The number of likely N-dealkylation sites (tertiary alicyclic amines) is 1. The molecule has 0 bridgehead atoms. The number of halogens is 5. The number of carbonyl (C=O) groups excluding carboxylic acids is 1. The molecule has 0 spiro atoms. The molecule has 2 heterocycles. The molecule has 2 aliphatic rings. The number of amides is 1. The molecule has 4 aromatic carbocycles. The summed E-state index contributed by atoms with van der Waals surface area (Å²) >= 11 is 0. The summed E-state index contributed by atoms with van der Waals surface area (Å²) in [4.78, 5) is 14.8. The fourth-order valence-corrected chi connectivity index (χ4v) is 6.48. The second kappa shape index (κ2) is 15.1. The van der Waals surface area contributed by atoms with Crippen molar-refractivity contribution in [2.75, 3.05) is 19.7 Å². The van der Waals surface area contributed by atoms with Gasteiger partial charge < -0.3 is 25.0 Å². The summed E-state index contributed by atoms with van der Waals surface area (Å²) in [7, 11) is 0. The van der Waals surface area contributed by atoms with Crippen molar-refractivity contribution in [3.05, 3.63) is 130 Å². The average Bonchev–Trinajstić information content (AvgIpc) is 3.59. The van der Waals surface area contributed by atoms with Gasteiger partial charge >= 0.3 is 0 Å². The maximum atomic E-state index is 14.2. The molecule has 2 fully saturated rings. The Morgan fingerprint density at radius 3 is 2.14 bits per heavy atom. The van der Waals surface area contributed by atoms with Gasteiger partial charge in [0.15, 0.2) is 29.6 Å². The third kappa shape index (κ3) is 7.38. The molecule has 4 aromatic rings. The Morgan fingerprint density at radius 1 is 0.816 bits per heavy atom. The third-order valence-corrected chi connectivity index (χ3v) is 9.15. The van der Waals surface area contributed by atoms with E-state index in [0.717, 1.165) is 41.6 Å². The van der Waals surface area contributed by atoms with Gasteiger partial charge in [0.05, 0.1) is 25.4 Å². The summed E-state index contributed by atoms with van der Waals surface area (Å²) in [6.07, 6.45) is 1.36. The zero-order chi connectivity index (χ0) is 34.7. The average molecular weight is 683 g/mol. The van der Waals surface area contributed by atoms with Crippen molar-refractivity contribution in [2.45, 2.75) is 57.0 Å². The highest BCUT2D eigenvalue weighted by molar-refractivity contribution is 5.95. The van der Waals surface area contributed by atoms with Crippen LogP contribution >= 0.6 is 0 Å². The minimum absolute atomic E-state index is 0.0646. The van der Waals surface area contributed by atoms with Gasteiger partial charge in [-0.05, 0) is 47.2 Å². The number of aliphatic hydroxyl groups is 2. The van der Waals surface area contributed by atoms with Crippen LogP contribution in [0.4, 0.5) is 22.0 Å². The number of benzene rings is 4. The van der Waals surface area contributed by atoms with E-state index in [1.54, 1.807) is 24.3 Å². The summed E-state index contributed by atoms with van der Waals surface area (Å²) < 4.78 is 82.2. The molecule has 12 heteroatoms. The molecule has 4 atom stereocenters. The van der Waals surface area contributed by atoms with Crippen molar-refractivity contribution >= 4 is 5.91 Å². The monoisotopic (exact) mass is 682 g/mol. The van der Waals surface area contributed by atoms with Gasteiger partial charge in [-0.1, -0.05) is 72.8 Å². The highest BCUT2D eigenvalue weighted by Gasteiger charge is 2.35. The number of rotatable bonds is 10. The van der Waals surface area contributed by atoms with Gasteiger partial charge in [-0.25, -0.2) is 22.0 Å². The quantitative estimate of drug-likeness (QED) is 0.101. The predicted octanol–water partition coefficient (Wildman–Crippen LogP) is 6.47. The summed E-state index contributed by atoms with van der Waals surface area (Å²) in [6.45, 7) is 1.28. The number of nitrogens with zero attached hydrogens (tertiary/aromatic N) is 1. The molecule has 6 rings (SSSR count). The standard InChI is InChI=1S/C37H35F5N2O5/c38-31-30(32(39)34(41)35(42)33(31)40)36(47)43-17-25-4-1-2-6-28(25)22-11-13-24(14-12-22)37-48-27(18-44-15-3-5-26(44)20-46)16-29(49-37)23-9-7-21(19-45)8-10-23/h1-2,4,6-14,26-27,29,37,45-46H,3,5,15-20H2,(H,43,47). The van der Waals surface area contributed by atoms with E-state index in [1.165, 1.54) is 0 Å². The van der Waals surface area contributed by atoms with Gasteiger partial charge in [-0.2, -0.15) is 0 Å². The van der Waals surface area contributed by atoms with Crippen molar-refractivity contribution in [1.29, 1.82) is 0 Å². The molecule has 2 saturated heterocycles. The molecule has 2 aliphatic heterocycles. The number of hydrogen-bond acceptors (Lipinski definition) is 6. The Morgan fingerprint density at radius 2 is 1.47 bits per heavy atom. The summed E-state index contributed by atoms with van der Waals surface area (Å²) in [5.41, 5.74) is 2.88. The molecule has 1 amide bonds. The minimum Gasteiger partial charge on any atom is -0.395 e. The molecule has 0 saturated carbocycles. The molecule has 49 heavy (non-hydrogen) atoms. The van der Waals surface area contributed by atoms with Gasteiger partial charge in [0.25, 0.3) is 5.91 Å². The molecule has 4 unspecified atom stereocenters. The Labute approximate surface area is 279 Å². The normalized spacial score (nSPS) is 21.2. The Kier molecular flexibility index (Phi) is 10.7. The Hall–Kier alpha value is -4.20. The SMILES string of the molecule is O=C(NCc1ccccc1-c1ccc(C2OC(CN3CCCC3CO)CC(c3ccc(CO)cc3)O2)cc1)c1c(F)c(F)c(F)c(F)c1F. The number of carbonyl (C=O) groups is 1. The first-order valence-electron chi connectivity index (χ1n) is 16.0. The van der Waals surface area contributed by atoms with E-state index in [-0.39, 0.29) is 38.0 Å². The largest absolute Gasteiger partial charge is 0.395 e. The topological polar surface area (TPSA) is 91.3 Å². The van der Waals surface area contributed by atoms with Crippen molar-refractivity contribution in [3.8, 4) is 11.1 Å². The van der Waals surface area contributed by atoms with Crippen LogP contribution in [0.2, 0.25) is 0 Å². The lowest BCUT2D eigenvalue weighted by molar-refractivity contribution is -0.253. The first-order valence-corrected chi connectivity index (χ1v) is 16.0. The van der Waals surface area contributed by atoms with Crippen LogP contribution in [-0.2, 0) is 22.6 Å².